The van der Waals surface area contributed by atoms with Crippen molar-refractivity contribution < 1.29 is 17.5 Å². The van der Waals surface area contributed by atoms with Gasteiger partial charge in [-0.1, -0.05) is 26.7 Å². The fourth-order valence-electron chi connectivity index (χ4n) is 3.53. The molecule has 132 valence electrons. The molecular weight excluding hydrogens is 314 g/mol. The van der Waals surface area contributed by atoms with Gasteiger partial charge >= 0.3 is 6.01 Å². The van der Waals surface area contributed by atoms with Crippen LogP contribution in [0.4, 0.5) is 0 Å². The van der Waals surface area contributed by atoms with Crippen LogP contribution in [0, 0.1) is 0 Å². The summed E-state index contributed by atoms with van der Waals surface area (Å²) in [4.78, 5) is 6.37. The first kappa shape index (κ1) is 18.6. The minimum atomic E-state index is -4.33. The maximum absolute atomic E-state index is 11.6. The Hall–Kier alpha value is -0.750. The SMILES string of the molecule is CCCC(N(CC)C1CC[N+]1=C=NC1CCCCC1)S(=O)(=O)[O-]. The van der Waals surface area contributed by atoms with Crippen LogP contribution in [-0.4, -0.2) is 59.1 Å². The Morgan fingerprint density at radius 1 is 1.26 bits per heavy atom. The summed E-state index contributed by atoms with van der Waals surface area (Å²) in [5.74, 6) is 0. The molecule has 0 amide bonds. The molecule has 0 N–H and O–H groups in total. The number of rotatable bonds is 7. The predicted molar refractivity (Wildman–Crippen MR) is 88.6 cm³/mol. The molecule has 2 atom stereocenters. The van der Waals surface area contributed by atoms with Crippen molar-refractivity contribution in [1.29, 1.82) is 0 Å². The quantitative estimate of drug-likeness (QED) is 0.403. The molecule has 1 saturated carbocycles. The summed E-state index contributed by atoms with van der Waals surface area (Å²) in [6, 6.07) is 3.48. The Bertz CT molecular complexity index is 549. The Morgan fingerprint density at radius 3 is 2.43 bits per heavy atom. The molecule has 0 bridgehead atoms. The van der Waals surface area contributed by atoms with Crippen molar-refractivity contribution in [1.82, 2.24) is 4.90 Å². The third kappa shape index (κ3) is 4.86. The van der Waals surface area contributed by atoms with Gasteiger partial charge in [0.05, 0.1) is 0 Å². The lowest BCUT2D eigenvalue weighted by molar-refractivity contribution is -0.646. The summed E-state index contributed by atoms with van der Waals surface area (Å²) in [5.41, 5.74) is 0. The number of nitrogens with zero attached hydrogens (tertiary/aromatic N) is 3. The molecule has 2 unspecified atom stereocenters. The molecule has 0 aromatic carbocycles. The van der Waals surface area contributed by atoms with Crippen molar-refractivity contribution in [2.24, 2.45) is 4.99 Å². The van der Waals surface area contributed by atoms with Crippen LogP contribution < -0.4 is 0 Å². The molecule has 2 fully saturated rings. The van der Waals surface area contributed by atoms with Crippen LogP contribution in [0.15, 0.2) is 4.99 Å². The van der Waals surface area contributed by atoms with E-state index in [9.17, 15) is 13.0 Å². The first-order valence-electron chi connectivity index (χ1n) is 8.90. The van der Waals surface area contributed by atoms with E-state index < -0.39 is 15.5 Å². The number of hydrogen-bond acceptors (Lipinski definition) is 5. The zero-order chi connectivity index (χ0) is 16.9. The summed E-state index contributed by atoms with van der Waals surface area (Å²) in [5, 5.41) is -0.943. The van der Waals surface area contributed by atoms with Crippen molar-refractivity contribution in [3.05, 3.63) is 0 Å². The highest BCUT2D eigenvalue weighted by molar-refractivity contribution is 7.86. The minimum Gasteiger partial charge on any atom is -0.747 e. The van der Waals surface area contributed by atoms with Crippen LogP contribution >= 0.6 is 0 Å². The first-order chi connectivity index (χ1) is 11.0. The number of hydrogen-bond donors (Lipinski definition) is 0. The standard InChI is InChI=1S/C16H29N3O3S/c1-3-8-16(23(20,21)22)19(4-2)15-11-12-18(15)13-17-14-9-6-5-7-10-14/h14-16H,3-12H2,1-2H3. The zero-order valence-corrected chi connectivity index (χ0v) is 15.1. The van der Waals surface area contributed by atoms with Crippen LogP contribution in [0.3, 0.4) is 0 Å². The molecule has 0 aromatic rings. The maximum atomic E-state index is 11.6. The summed E-state index contributed by atoms with van der Waals surface area (Å²) in [7, 11) is -4.33. The predicted octanol–water partition coefficient (Wildman–Crippen LogP) is 2.23. The van der Waals surface area contributed by atoms with E-state index >= 15 is 0 Å². The van der Waals surface area contributed by atoms with E-state index in [1.165, 1.54) is 19.3 Å². The summed E-state index contributed by atoms with van der Waals surface area (Å²) in [6.45, 7) is 5.18. The topological polar surface area (TPSA) is 75.8 Å². The second-order valence-corrected chi connectivity index (χ2v) is 8.08. The second kappa shape index (κ2) is 8.38. The Morgan fingerprint density at radius 2 is 1.96 bits per heavy atom. The molecule has 0 spiro atoms. The van der Waals surface area contributed by atoms with Gasteiger partial charge < -0.3 is 4.55 Å². The molecule has 1 saturated heterocycles. The van der Waals surface area contributed by atoms with E-state index in [-0.39, 0.29) is 6.17 Å². The smallest absolute Gasteiger partial charge is 0.308 e. The van der Waals surface area contributed by atoms with Gasteiger partial charge in [-0.25, -0.2) is 17.9 Å². The molecule has 6 nitrogen and oxygen atoms in total. The fourth-order valence-corrected chi connectivity index (χ4v) is 4.68. The normalized spacial score (nSPS) is 24.2. The molecular formula is C16H29N3O3S. The summed E-state index contributed by atoms with van der Waals surface area (Å²) >= 11 is 0. The monoisotopic (exact) mass is 343 g/mol. The Labute approximate surface area is 140 Å². The third-order valence-electron chi connectivity index (χ3n) is 4.92. The van der Waals surface area contributed by atoms with E-state index in [0.717, 1.165) is 25.8 Å². The largest absolute Gasteiger partial charge is 0.747 e. The van der Waals surface area contributed by atoms with E-state index in [0.29, 0.717) is 25.4 Å². The van der Waals surface area contributed by atoms with Gasteiger partial charge in [-0.3, -0.25) is 0 Å². The van der Waals surface area contributed by atoms with Gasteiger partial charge in [-0.2, -0.15) is 0 Å². The highest BCUT2D eigenvalue weighted by atomic mass is 32.2. The number of aliphatic imine (C=N–C) groups is 1. The Kier molecular flexibility index (Phi) is 6.77. The van der Waals surface area contributed by atoms with Crippen molar-refractivity contribution in [2.45, 2.75) is 82.8 Å². The van der Waals surface area contributed by atoms with Crippen molar-refractivity contribution >= 4 is 16.1 Å². The fraction of sp³-hybridized carbons (Fsp3) is 0.938. The minimum absolute atomic E-state index is 0.0624. The Balaban J connectivity index is 2.12. The van der Waals surface area contributed by atoms with Gasteiger partial charge in [0.2, 0.25) is 0 Å². The third-order valence-corrected chi connectivity index (χ3v) is 6.09. The molecule has 0 aromatic heterocycles. The van der Waals surface area contributed by atoms with Gasteiger partial charge in [0.25, 0.3) is 0 Å². The maximum Gasteiger partial charge on any atom is 0.308 e. The van der Waals surface area contributed by atoms with Gasteiger partial charge in [-0.15, -0.1) is 0 Å². The van der Waals surface area contributed by atoms with E-state index in [1.807, 2.05) is 18.4 Å². The molecule has 2 aliphatic rings. The van der Waals surface area contributed by atoms with E-state index in [1.54, 1.807) is 4.90 Å². The van der Waals surface area contributed by atoms with Crippen LogP contribution in [0.5, 0.6) is 0 Å². The lowest BCUT2D eigenvalue weighted by Gasteiger charge is -2.41. The van der Waals surface area contributed by atoms with Crippen molar-refractivity contribution in [2.75, 3.05) is 13.1 Å². The molecule has 23 heavy (non-hydrogen) atoms. The lowest BCUT2D eigenvalue weighted by Crippen LogP contribution is -2.57. The highest BCUT2D eigenvalue weighted by Crippen LogP contribution is 2.24. The van der Waals surface area contributed by atoms with E-state index in [4.69, 9.17) is 0 Å². The molecule has 0 radical (unpaired) electrons. The van der Waals surface area contributed by atoms with Crippen molar-refractivity contribution in [3.8, 4) is 0 Å². The second-order valence-electron chi connectivity index (χ2n) is 6.55. The summed E-state index contributed by atoms with van der Waals surface area (Å²) in [6.07, 6.45) is 7.85. The lowest BCUT2D eigenvalue weighted by atomic mass is 9.96. The van der Waals surface area contributed by atoms with Gasteiger partial charge in [0.15, 0.2) is 12.2 Å². The molecule has 1 aliphatic heterocycles. The average Bonchev–Trinajstić information content (AvgIpc) is 2.49. The average molecular weight is 343 g/mol. The molecule has 1 aliphatic carbocycles. The highest BCUT2D eigenvalue weighted by Gasteiger charge is 2.39. The molecule has 2 rings (SSSR count). The summed E-state index contributed by atoms with van der Waals surface area (Å²) < 4.78 is 36.8. The van der Waals surface area contributed by atoms with Gasteiger partial charge in [0.1, 0.15) is 22.0 Å². The first-order valence-corrected chi connectivity index (χ1v) is 10.4. The molecule has 1 heterocycles. The molecule has 7 heteroatoms. The van der Waals surface area contributed by atoms with Crippen LogP contribution in [0.2, 0.25) is 0 Å². The van der Waals surface area contributed by atoms with Crippen LogP contribution in [-0.2, 0) is 10.1 Å². The van der Waals surface area contributed by atoms with Crippen LogP contribution in [0.25, 0.3) is 0 Å². The zero-order valence-electron chi connectivity index (χ0n) is 14.3. The van der Waals surface area contributed by atoms with E-state index in [2.05, 4.69) is 11.0 Å². The van der Waals surface area contributed by atoms with Crippen molar-refractivity contribution in [3.63, 3.8) is 0 Å². The van der Waals surface area contributed by atoms with Gasteiger partial charge in [-0.05, 0) is 37.1 Å². The van der Waals surface area contributed by atoms with Gasteiger partial charge in [0, 0.05) is 13.0 Å². The van der Waals surface area contributed by atoms with Crippen LogP contribution in [0.1, 0.15) is 65.2 Å².